The average molecular weight is 286 g/mol. The quantitative estimate of drug-likeness (QED) is 0.839. The number of primary amides is 1. The number of carbonyl (C=O) groups is 2. The van der Waals surface area contributed by atoms with Crippen molar-refractivity contribution in [2.45, 2.75) is 51.0 Å². The summed E-state index contributed by atoms with van der Waals surface area (Å²) in [6, 6.07) is 0. The molecule has 1 aliphatic heterocycles. The van der Waals surface area contributed by atoms with Gasteiger partial charge in [-0.1, -0.05) is 20.8 Å². The number of thioether (sulfide) groups is 1. The van der Waals surface area contributed by atoms with Crippen molar-refractivity contribution in [3.63, 3.8) is 0 Å². The summed E-state index contributed by atoms with van der Waals surface area (Å²) >= 11 is 1.73. The molecular formula is C14H26N2O2S. The van der Waals surface area contributed by atoms with E-state index in [-0.39, 0.29) is 23.0 Å². The van der Waals surface area contributed by atoms with E-state index >= 15 is 0 Å². The highest BCUT2D eigenvalue weighted by atomic mass is 32.2. The molecule has 1 fully saturated rings. The van der Waals surface area contributed by atoms with E-state index in [1.165, 1.54) is 0 Å². The molecule has 0 radical (unpaired) electrons. The second-order valence-electron chi connectivity index (χ2n) is 5.73. The normalized spacial score (nSPS) is 20.4. The zero-order valence-electron chi connectivity index (χ0n) is 12.4. The molecule has 110 valence electrons. The number of rotatable bonds is 5. The van der Waals surface area contributed by atoms with Gasteiger partial charge in [0.15, 0.2) is 0 Å². The summed E-state index contributed by atoms with van der Waals surface area (Å²) in [6.45, 7) is 9.81. The maximum atomic E-state index is 12.3. The lowest BCUT2D eigenvalue weighted by Gasteiger charge is -2.33. The molecule has 1 aliphatic rings. The van der Waals surface area contributed by atoms with Gasteiger partial charge in [-0.25, -0.2) is 0 Å². The van der Waals surface area contributed by atoms with Crippen LogP contribution in [0, 0.1) is 11.8 Å². The second-order valence-corrected chi connectivity index (χ2v) is 7.45. The van der Waals surface area contributed by atoms with Crippen LogP contribution in [0.5, 0.6) is 0 Å². The molecule has 19 heavy (non-hydrogen) atoms. The van der Waals surface area contributed by atoms with Crippen molar-refractivity contribution in [3.8, 4) is 0 Å². The molecule has 0 saturated carbocycles. The van der Waals surface area contributed by atoms with Gasteiger partial charge < -0.3 is 10.6 Å². The molecule has 2 unspecified atom stereocenters. The Morgan fingerprint density at radius 1 is 1.16 bits per heavy atom. The summed E-state index contributed by atoms with van der Waals surface area (Å²) in [5, 5.41) is 0.463. The van der Waals surface area contributed by atoms with Gasteiger partial charge in [-0.3, -0.25) is 9.59 Å². The van der Waals surface area contributed by atoms with Gasteiger partial charge in [0.05, 0.1) is 5.25 Å². The first-order chi connectivity index (χ1) is 8.82. The van der Waals surface area contributed by atoms with Gasteiger partial charge in [-0.2, -0.15) is 0 Å². The summed E-state index contributed by atoms with van der Waals surface area (Å²) in [7, 11) is 0. The Bertz CT molecular complexity index is 325. The number of nitrogens with zero attached hydrogens (tertiary/aromatic N) is 1. The van der Waals surface area contributed by atoms with Crippen molar-refractivity contribution < 1.29 is 9.59 Å². The van der Waals surface area contributed by atoms with Gasteiger partial charge in [0, 0.05) is 24.3 Å². The minimum absolute atomic E-state index is 0.0115. The number of hydrogen-bond acceptors (Lipinski definition) is 3. The number of nitrogens with two attached hydrogens (primary N) is 1. The molecule has 1 heterocycles. The molecule has 5 heteroatoms. The SMILES string of the molecule is CC(SC(C)C(C)C)C(=O)N1CCC(C(N)=O)CC1. The summed E-state index contributed by atoms with van der Waals surface area (Å²) in [5.41, 5.74) is 5.30. The van der Waals surface area contributed by atoms with Crippen LogP contribution in [0.4, 0.5) is 0 Å². The summed E-state index contributed by atoms with van der Waals surface area (Å²) in [6.07, 6.45) is 1.41. The Labute approximate surface area is 120 Å². The lowest BCUT2D eigenvalue weighted by molar-refractivity contribution is -0.134. The van der Waals surface area contributed by atoms with Crippen molar-refractivity contribution >= 4 is 23.6 Å². The third-order valence-electron chi connectivity index (χ3n) is 3.91. The van der Waals surface area contributed by atoms with E-state index in [4.69, 9.17) is 5.73 Å². The van der Waals surface area contributed by atoms with Crippen LogP contribution in [0.25, 0.3) is 0 Å². The van der Waals surface area contributed by atoms with Crippen molar-refractivity contribution in [3.05, 3.63) is 0 Å². The molecule has 0 aromatic rings. The fourth-order valence-electron chi connectivity index (χ4n) is 2.18. The van der Waals surface area contributed by atoms with Crippen molar-refractivity contribution in [2.75, 3.05) is 13.1 Å². The Balaban J connectivity index is 2.44. The van der Waals surface area contributed by atoms with E-state index in [1.54, 1.807) is 11.8 Å². The van der Waals surface area contributed by atoms with Crippen LogP contribution in [-0.2, 0) is 9.59 Å². The van der Waals surface area contributed by atoms with Crippen LogP contribution < -0.4 is 5.73 Å². The van der Waals surface area contributed by atoms with Gasteiger partial charge in [-0.15, -0.1) is 11.8 Å². The Kier molecular flexibility index (Phi) is 6.17. The predicted octanol–water partition coefficient (Wildman–Crippen LogP) is 1.88. The van der Waals surface area contributed by atoms with Gasteiger partial charge >= 0.3 is 0 Å². The first-order valence-corrected chi connectivity index (χ1v) is 8.00. The van der Waals surface area contributed by atoms with Crippen molar-refractivity contribution in [2.24, 2.45) is 17.6 Å². The molecule has 0 aromatic carbocycles. The molecular weight excluding hydrogens is 260 g/mol. The predicted molar refractivity (Wildman–Crippen MR) is 79.9 cm³/mol. The van der Waals surface area contributed by atoms with Crippen LogP contribution in [0.1, 0.15) is 40.5 Å². The maximum Gasteiger partial charge on any atom is 0.235 e. The first-order valence-electron chi connectivity index (χ1n) is 7.06. The van der Waals surface area contributed by atoms with Crippen LogP contribution >= 0.6 is 11.8 Å². The van der Waals surface area contributed by atoms with Gasteiger partial charge in [0.25, 0.3) is 0 Å². The zero-order valence-corrected chi connectivity index (χ0v) is 13.2. The summed E-state index contributed by atoms with van der Waals surface area (Å²) < 4.78 is 0. The van der Waals surface area contributed by atoms with Gasteiger partial charge in [0.1, 0.15) is 0 Å². The van der Waals surface area contributed by atoms with E-state index in [9.17, 15) is 9.59 Å². The van der Waals surface area contributed by atoms with E-state index in [0.717, 1.165) is 0 Å². The number of likely N-dealkylation sites (tertiary alicyclic amines) is 1. The van der Waals surface area contributed by atoms with E-state index in [1.807, 2.05) is 11.8 Å². The number of carbonyl (C=O) groups excluding carboxylic acids is 2. The Hall–Kier alpha value is -0.710. The van der Waals surface area contributed by atoms with E-state index < -0.39 is 0 Å². The average Bonchev–Trinajstić information content (AvgIpc) is 2.37. The molecule has 0 bridgehead atoms. The Morgan fingerprint density at radius 3 is 2.11 bits per heavy atom. The molecule has 0 aromatic heterocycles. The molecule has 0 aliphatic carbocycles. The lowest BCUT2D eigenvalue weighted by Crippen LogP contribution is -2.44. The molecule has 2 N–H and O–H groups in total. The highest BCUT2D eigenvalue weighted by molar-refractivity contribution is 8.01. The molecule has 1 rings (SSSR count). The third kappa shape index (κ3) is 4.71. The minimum atomic E-state index is -0.233. The molecule has 2 atom stereocenters. The third-order valence-corrected chi connectivity index (χ3v) is 5.50. The largest absolute Gasteiger partial charge is 0.369 e. The van der Waals surface area contributed by atoms with Crippen LogP contribution in [0.3, 0.4) is 0 Å². The molecule has 0 spiro atoms. The fraction of sp³-hybridized carbons (Fsp3) is 0.857. The number of amides is 2. The highest BCUT2D eigenvalue weighted by Crippen LogP contribution is 2.26. The van der Waals surface area contributed by atoms with Crippen LogP contribution in [0.2, 0.25) is 0 Å². The maximum absolute atomic E-state index is 12.3. The molecule has 2 amide bonds. The van der Waals surface area contributed by atoms with Gasteiger partial charge in [0.2, 0.25) is 11.8 Å². The molecule has 1 saturated heterocycles. The fourth-order valence-corrected chi connectivity index (χ4v) is 3.40. The zero-order chi connectivity index (χ0) is 14.6. The highest BCUT2D eigenvalue weighted by Gasteiger charge is 2.29. The van der Waals surface area contributed by atoms with Gasteiger partial charge in [-0.05, 0) is 25.7 Å². The summed E-state index contributed by atoms with van der Waals surface area (Å²) in [5.74, 6) is 0.478. The number of piperidine rings is 1. The smallest absolute Gasteiger partial charge is 0.235 e. The van der Waals surface area contributed by atoms with Crippen LogP contribution in [0.15, 0.2) is 0 Å². The lowest BCUT2D eigenvalue weighted by atomic mass is 9.96. The first kappa shape index (κ1) is 16.3. The second kappa shape index (κ2) is 7.17. The monoisotopic (exact) mass is 286 g/mol. The van der Waals surface area contributed by atoms with Crippen LogP contribution in [-0.4, -0.2) is 40.3 Å². The summed E-state index contributed by atoms with van der Waals surface area (Å²) in [4.78, 5) is 25.3. The minimum Gasteiger partial charge on any atom is -0.369 e. The molecule has 4 nitrogen and oxygen atoms in total. The number of hydrogen-bond donors (Lipinski definition) is 1. The van der Waals surface area contributed by atoms with E-state index in [0.29, 0.717) is 37.1 Å². The standard InChI is InChI=1S/C14H26N2O2S/c1-9(2)10(3)19-11(4)14(18)16-7-5-12(6-8-16)13(15)17/h9-12H,5-8H2,1-4H3,(H2,15,17). The van der Waals surface area contributed by atoms with Crippen molar-refractivity contribution in [1.29, 1.82) is 0 Å². The Morgan fingerprint density at radius 2 is 1.68 bits per heavy atom. The van der Waals surface area contributed by atoms with Crippen molar-refractivity contribution in [1.82, 2.24) is 4.90 Å². The van der Waals surface area contributed by atoms with E-state index in [2.05, 4.69) is 20.8 Å². The topological polar surface area (TPSA) is 63.4 Å².